The number of carbonyl (C=O) groups is 2. The average Bonchev–Trinajstić information content (AvgIpc) is 2.74. The second-order valence-electron chi connectivity index (χ2n) is 6.55. The summed E-state index contributed by atoms with van der Waals surface area (Å²) < 4.78 is 5.32. The smallest absolute Gasteiger partial charge is 0.338 e. The van der Waals surface area contributed by atoms with E-state index in [1.54, 1.807) is 0 Å². The summed E-state index contributed by atoms with van der Waals surface area (Å²) >= 11 is 5.87. The van der Waals surface area contributed by atoms with Gasteiger partial charge in [-0.15, -0.1) is 0 Å². The molecule has 0 aromatic heterocycles. The first-order chi connectivity index (χ1) is 14.0. The van der Waals surface area contributed by atoms with Crippen LogP contribution in [0.3, 0.4) is 0 Å². The molecular weight excluding hydrogens is 388 g/mol. The summed E-state index contributed by atoms with van der Waals surface area (Å²) in [6.45, 7) is 1.53. The van der Waals surface area contributed by atoms with Crippen molar-refractivity contribution in [1.29, 1.82) is 0 Å². The average molecular weight is 409 g/mol. The number of nitrogens with two attached hydrogens (primary N) is 1. The van der Waals surface area contributed by atoms with Crippen molar-refractivity contribution in [2.75, 3.05) is 5.73 Å². The fourth-order valence-corrected chi connectivity index (χ4v) is 2.98. The molecule has 0 saturated carbocycles. The van der Waals surface area contributed by atoms with Crippen LogP contribution in [-0.2, 0) is 9.53 Å². The third-order valence-corrected chi connectivity index (χ3v) is 4.78. The Hall–Kier alpha value is -3.31. The highest BCUT2D eigenvalue weighted by molar-refractivity contribution is 6.33. The first kappa shape index (κ1) is 20.4. The Morgan fingerprint density at radius 2 is 1.48 bits per heavy atom. The molecule has 0 aliphatic heterocycles. The second-order valence-corrected chi connectivity index (χ2v) is 6.95. The number of carbonyl (C=O) groups excluding carboxylic acids is 2. The van der Waals surface area contributed by atoms with Crippen molar-refractivity contribution in [2.45, 2.75) is 19.1 Å². The van der Waals surface area contributed by atoms with Crippen LogP contribution in [0.15, 0.2) is 78.9 Å². The van der Waals surface area contributed by atoms with E-state index in [1.165, 1.54) is 25.1 Å². The van der Waals surface area contributed by atoms with E-state index < -0.39 is 18.0 Å². The minimum absolute atomic E-state index is 0.231. The fraction of sp³-hybridized carbons (Fsp3) is 0.130. The number of benzene rings is 3. The molecule has 0 spiro atoms. The summed E-state index contributed by atoms with van der Waals surface area (Å²) in [6.07, 6.45) is -0.991. The van der Waals surface area contributed by atoms with Gasteiger partial charge in [-0.2, -0.15) is 0 Å². The lowest BCUT2D eigenvalue weighted by atomic mass is 9.98. The van der Waals surface area contributed by atoms with Crippen LogP contribution in [0.1, 0.15) is 34.5 Å². The van der Waals surface area contributed by atoms with Gasteiger partial charge < -0.3 is 15.8 Å². The van der Waals surface area contributed by atoms with Crippen LogP contribution >= 0.6 is 11.6 Å². The van der Waals surface area contributed by atoms with Gasteiger partial charge >= 0.3 is 5.97 Å². The minimum Gasteiger partial charge on any atom is -0.449 e. The topological polar surface area (TPSA) is 81.4 Å². The molecule has 0 heterocycles. The van der Waals surface area contributed by atoms with Crippen molar-refractivity contribution in [2.24, 2.45) is 0 Å². The van der Waals surface area contributed by atoms with Gasteiger partial charge in [0.15, 0.2) is 6.10 Å². The van der Waals surface area contributed by atoms with E-state index in [2.05, 4.69) is 5.32 Å². The summed E-state index contributed by atoms with van der Waals surface area (Å²) in [5, 5.41) is 3.31. The van der Waals surface area contributed by atoms with Crippen LogP contribution in [0.25, 0.3) is 0 Å². The number of rotatable bonds is 6. The largest absolute Gasteiger partial charge is 0.449 e. The predicted molar refractivity (Wildman–Crippen MR) is 114 cm³/mol. The molecule has 0 unspecified atom stereocenters. The highest BCUT2D eigenvalue weighted by atomic mass is 35.5. The molecule has 0 aliphatic carbocycles. The number of nitrogens with one attached hydrogen (secondary N) is 1. The van der Waals surface area contributed by atoms with Gasteiger partial charge in [-0.25, -0.2) is 4.79 Å². The van der Waals surface area contributed by atoms with Crippen molar-refractivity contribution < 1.29 is 14.3 Å². The van der Waals surface area contributed by atoms with E-state index in [-0.39, 0.29) is 17.3 Å². The Balaban J connectivity index is 1.73. The third kappa shape index (κ3) is 5.15. The lowest BCUT2D eigenvalue weighted by Gasteiger charge is -2.22. The zero-order valence-electron chi connectivity index (χ0n) is 15.8. The first-order valence-electron chi connectivity index (χ1n) is 9.12. The quantitative estimate of drug-likeness (QED) is 0.468. The van der Waals surface area contributed by atoms with Crippen LogP contribution < -0.4 is 11.1 Å². The lowest BCUT2D eigenvalue weighted by Crippen LogP contribution is -2.38. The van der Waals surface area contributed by atoms with Crippen LogP contribution in [0, 0.1) is 0 Å². The summed E-state index contributed by atoms with van der Waals surface area (Å²) in [7, 11) is 0. The van der Waals surface area contributed by atoms with Crippen molar-refractivity contribution in [3.63, 3.8) is 0 Å². The van der Waals surface area contributed by atoms with Gasteiger partial charge in [-0.1, -0.05) is 72.3 Å². The van der Waals surface area contributed by atoms with Crippen LogP contribution in [0.5, 0.6) is 0 Å². The Morgan fingerprint density at radius 1 is 0.931 bits per heavy atom. The zero-order chi connectivity index (χ0) is 20.8. The van der Waals surface area contributed by atoms with Crippen molar-refractivity contribution in [3.05, 3.63) is 101 Å². The molecule has 3 rings (SSSR count). The number of nitrogen functional groups attached to an aromatic ring is 1. The Bertz CT molecular complexity index is 954. The predicted octanol–water partition coefficient (Wildman–Crippen LogP) is 4.37. The molecule has 1 atom stereocenters. The van der Waals surface area contributed by atoms with Crippen molar-refractivity contribution in [3.8, 4) is 0 Å². The summed E-state index contributed by atoms with van der Waals surface area (Å²) in [5.41, 5.74) is 8.08. The summed E-state index contributed by atoms with van der Waals surface area (Å²) in [5.74, 6) is -1.05. The maximum atomic E-state index is 12.8. The molecule has 0 aliphatic rings. The fourth-order valence-electron chi connectivity index (χ4n) is 2.86. The SMILES string of the molecule is C[C@H](OC(=O)c1ccc(Cl)c(N)c1)C(=O)NC(c1ccccc1)c1ccccc1. The van der Waals surface area contributed by atoms with Gasteiger partial charge in [0.1, 0.15) is 0 Å². The van der Waals surface area contributed by atoms with Crippen LogP contribution in [0.4, 0.5) is 5.69 Å². The highest BCUT2D eigenvalue weighted by Crippen LogP contribution is 2.23. The zero-order valence-corrected chi connectivity index (χ0v) is 16.6. The maximum Gasteiger partial charge on any atom is 0.338 e. The van der Waals surface area contributed by atoms with Crippen molar-refractivity contribution in [1.82, 2.24) is 5.32 Å². The molecule has 0 fully saturated rings. The van der Waals surface area contributed by atoms with E-state index in [1.807, 2.05) is 60.7 Å². The number of ether oxygens (including phenoxy) is 1. The highest BCUT2D eigenvalue weighted by Gasteiger charge is 2.23. The van der Waals surface area contributed by atoms with Crippen molar-refractivity contribution >= 4 is 29.2 Å². The Labute approximate surface area is 174 Å². The lowest BCUT2D eigenvalue weighted by molar-refractivity contribution is -0.129. The minimum atomic E-state index is -0.991. The number of anilines is 1. The number of amides is 1. The molecule has 6 heteroatoms. The second kappa shape index (κ2) is 9.26. The van der Waals surface area contributed by atoms with E-state index in [0.29, 0.717) is 5.02 Å². The molecule has 3 aromatic rings. The molecular formula is C23H21ClN2O3. The summed E-state index contributed by atoms with van der Waals surface area (Å²) in [4.78, 5) is 25.1. The summed E-state index contributed by atoms with van der Waals surface area (Å²) in [6, 6.07) is 23.3. The van der Waals surface area contributed by atoms with Crippen LogP contribution in [-0.4, -0.2) is 18.0 Å². The molecule has 5 nitrogen and oxygen atoms in total. The van der Waals surface area contributed by atoms with Crippen LogP contribution in [0.2, 0.25) is 5.02 Å². The Kier molecular flexibility index (Phi) is 6.52. The number of halogens is 1. The maximum absolute atomic E-state index is 12.8. The molecule has 148 valence electrons. The van der Waals surface area contributed by atoms with Gasteiger partial charge in [-0.3, -0.25) is 4.79 Å². The van der Waals surface area contributed by atoms with Gasteiger partial charge in [-0.05, 0) is 36.2 Å². The van der Waals surface area contributed by atoms with Gasteiger partial charge in [0, 0.05) is 0 Å². The first-order valence-corrected chi connectivity index (χ1v) is 9.50. The van der Waals surface area contributed by atoms with Gasteiger partial charge in [0.2, 0.25) is 0 Å². The molecule has 0 radical (unpaired) electrons. The molecule has 3 aromatic carbocycles. The normalized spacial score (nSPS) is 11.7. The van der Waals surface area contributed by atoms with E-state index in [4.69, 9.17) is 22.1 Å². The van der Waals surface area contributed by atoms with Gasteiger partial charge in [0.05, 0.1) is 22.3 Å². The van der Waals surface area contributed by atoms with E-state index in [0.717, 1.165) is 11.1 Å². The Morgan fingerprint density at radius 3 is 2.00 bits per heavy atom. The number of hydrogen-bond donors (Lipinski definition) is 2. The number of hydrogen-bond acceptors (Lipinski definition) is 4. The number of esters is 1. The van der Waals surface area contributed by atoms with E-state index in [9.17, 15) is 9.59 Å². The molecule has 0 bridgehead atoms. The molecule has 0 saturated heterocycles. The van der Waals surface area contributed by atoms with Gasteiger partial charge in [0.25, 0.3) is 5.91 Å². The molecule has 3 N–H and O–H groups in total. The monoisotopic (exact) mass is 408 g/mol. The van der Waals surface area contributed by atoms with E-state index >= 15 is 0 Å². The molecule has 29 heavy (non-hydrogen) atoms. The third-order valence-electron chi connectivity index (χ3n) is 4.44. The molecule has 1 amide bonds. The standard InChI is InChI=1S/C23H21ClN2O3/c1-15(29-23(28)18-12-13-19(24)20(25)14-18)22(27)26-21(16-8-4-2-5-9-16)17-10-6-3-7-11-17/h2-15,21H,25H2,1H3,(H,26,27)/t15-/m0/s1.